The molecule has 0 spiro atoms. The predicted octanol–water partition coefficient (Wildman–Crippen LogP) is 0.662. The molecule has 0 radical (unpaired) electrons. The number of benzene rings is 1. The van der Waals surface area contributed by atoms with Gasteiger partial charge in [-0.2, -0.15) is 0 Å². The lowest BCUT2D eigenvalue weighted by Gasteiger charge is -2.27. The van der Waals surface area contributed by atoms with Crippen LogP contribution in [0.5, 0.6) is 0 Å². The lowest BCUT2D eigenvalue weighted by molar-refractivity contribution is -0.143. The van der Waals surface area contributed by atoms with E-state index >= 15 is 0 Å². The van der Waals surface area contributed by atoms with Crippen LogP contribution in [0.3, 0.4) is 0 Å². The van der Waals surface area contributed by atoms with Crippen molar-refractivity contribution in [3.63, 3.8) is 0 Å². The maximum atomic E-state index is 13.3. The molecule has 4 unspecified atom stereocenters. The van der Waals surface area contributed by atoms with E-state index in [4.69, 9.17) is 10.8 Å². The number of amides is 3. The number of nitrogens with one attached hydrogen (secondary N) is 3. The minimum atomic E-state index is -1.18. The number of carboxylic acids is 2. The Bertz CT molecular complexity index is 905. The van der Waals surface area contributed by atoms with Crippen LogP contribution in [0.25, 0.3) is 0 Å². The average Bonchev–Trinajstić information content (AvgIpc) is 2.79. The SMILES string of the molecule is CC(C)CC(NC(=O)C(Cc1ccccc1)NC(=O)C(N)CCC(=O)O)C(=O)NC(C(=O)O)C(C)C. The third-order valence-corrected chi connectivity index (χ3v) is 5.49. The maximum Gasteiger partial charge on any atom is 0.326 e. The topological polar surface area (TPSA) is 188 Å². The number of nitrogens with two attached hydrogens (primary N) is 1. The number of rotatable bonds is 15. The van der Waals surface area contributed by atoms with Crippen molar-refractivity contribution < 1.29 is 34.2 Å². The summed E-state index contributed by atoms with van der Waals surface area (Å²) in [7, 11) is 0. The monoisotopic (exact) mass is 506 g/mol. The van der Waals surface area contributed by atoms with Crippen LogP contribution in [0.2, 0.25) is 0 Å². The van der Waals surface area contributed by atoms with Crippen molar-refractivity contribution in [3.05, 3.63) is 35.9 Å². The van der Waals surface area contributed by atoms with E-state index in [0.717, 1.165) is 5.56 Å². The van der Waals surface area contributed by atoms with Crippen molar-refractivity contribution in [2.75, 3.05) is 0 Å². The highest BCUT2D eigenvalue weighted by Gasteiger charge is 2.31. The second kappa shape index (κ2) is 14.8. The fourth-order valence-corrected chi connectivity index (χ4v) is 3.49. The normalized spacial score (nSPS) is 14.4. The Morgan fingerprint density at radius 3 is 1.89 bits per heavy atom. The quantitative estimate of drug-likeness (QED) is 0.200. The lowest BCUT2D eigenvalue weighted by atomic mass is 9.99. The van der Waals surface area contributed by atoms with Gasteiger partial charge in [-0.05, 0) is 30.2 Å². The van der Waals surface area contributed by atoms with Crippen LogP contribution in [0.4, 0.5) is 0 Å². The zero-order valence-electron chi connectivity index (χ0n) is 21.2. The number of carboxylic acid groups (broad SMARTS) is 2. The Kier molecular flexibility index (Phi) is 12.6. The molecule has 0 aliphatic carbocycles. The van der Waals surface area contributed by atoms with Crippen LogP contribution < -0.4 is 21.7 Å². The molecule has 1 aromatic carbocycles. The third-order valence-electron chi connectivity index (χ3n) is 5.49. The van der Waals surface area contributed by atoms with E-state index in [2.05, 4.69) is 16.0 Å². The Hall–Kier alpha value is -3.47. The van der Waals surface area contributed by atoms with Crippen LogP contribution in [-0.4, -0.2) is 64.0 Å². The molecule has 7 N–H and O–H groups in total. The zero-order chi connectivity index (χ0) is 27.4. The van der Waals surface area contributed by atoms with Gasteiger partial charge in [-0.1, -0.05) is 58.0 Å². The summed E-state index contributed by atoms with van der Waals surface area (Å²) in [6.45, 7) is 7.03. The molecule has 3 amide bonds. The van der Waals surface area contributed by atoms with Crippen LogP contribution in [-0.2, 0) is 30.4 Å². The molecule has 0 saturated carbocycles. The summed E-state index contributed by atoms with van der Waals surface area (Å²) in [5.41, 5.74) is 6.55. The molecule has 11 nitrogen and oxygen atoms in total. The van der Waals surface area contributed by atoms with Crippen LogP contribution >= 0.6 is 0 Å². The van der Waals surface area contributed by atoms with Gasteiger partial charge in [0.25, 0.3) is 0 Å². The van der Waals surface area contributed by atoms with Gasteiger partial charge >= 0.3 is 11.9 Å². The molecule has 11 heteroatoms. The van der Waals surface area contributed by atoms with E-state index in [1.165, 1.54) is 0 Å². The first kappa shape index (κ1) is 30.6. The van der Waals surface area contributed by atoms with Gasteiger partial charge < -0.3 is 31.9 Å². The minimum absolute atomic E-state index is 0.00464. The van der Waals surface area contributed by atoms with Gasteiger partial charge in [-0.25, -0.2) is 4.79 Å². The van der Waals surface area contributed by atoms with Gasteiger partial charge in [0, 0.05) is 12.8 Å². The number of aliphatic carboxylic acids is 2. The van der Waals surface area contributed by atoms with Gasteiger partial charge in [-0.15, -0.1) is 0 Å². The highest BCUT2D eigenvalue weighted by atomic mass is 16.4. The molecule has 4 atom stereocenters. The summed E-state index contributed by atoms with van der Waals surface area (Å²) in [6, 6.07) is 4.50. The third kappa shape index (κ3) is 10.9. The first-order valence-electron chi connectivity index (χ1n) is 12.0. The van der Waals surface area contributed by atoms with Gasteiger partial charge in [0.15, 0.2) is 0 Å². The van der Waals surface area contributed by atoms with Crippen molar-refractivity contribution in [1.82, 2.24) is 16.0 Å². The molecule has 0 saturated heterocycles. The van der Waals surface area contributed by atoms with Crippen molar-refractivity contribution in [1.29, 1.82) is 0 Å². The zero-order valence-corrected chi connectivity index (χ0v) is 21.2. The molecular weight excluding hydrogens is 468 g/mol. The molecular formula is C25H38N4O7. The number of hydrogen-bond donors (Lipinski definition) is 6. The highest BCUT2D eigenvalue weighted by Crippen LogP contribution is 2.10. The smallest absolute Gasteiger partial charge is 0.326 e. The Balaban J connectivity index is 3.09. The summed E-state index contributed by atoms with van der Waals surface area (Å²) in [4.78, 5) is 61.1. The molecule has 0 aliphatic heterocycles. The maximum absolute atomic E-state index is 13.3. The first-order valence-corrected chi connectivity index (χ1v) is 12.0. The summed E-state index contributed by atoms with van der Waals surface area (Å²) in [5.74, 6) is -4.63. The molecule has 1 aromatic rings. The van der Waals surface area contributed by atoms with E-state index in [9.17, 15) is 29.1 Å². The molecule has 36 heavy (non-hydrogen) atoms. The molecule has 0 bridgehead atoms. The van der Waals surface area contributed by atoms with Crippen molar-refractivity contribution in [2.24, 2.45) is 17.6 Å². The van der Waals surface area contributed by atoms with Gasteiger partial charge in [0.2, 0.25) is 17.7 Å². The van der Waals surface area contributed by atoms with Gasteiger partial charge in [-0.3, -0.25) is 19.2 Å². The molecule has 0 aliphatic rings. The van der Waals surface area contributed by atoms with E-state index < -0.39 is 53.8 Å². The minimum Gasteiger partial charge on any atom is -0.481 e. The first-order chi connectivity index (χ1) is 16.8. The largest absolute Gasteiger partial charge is 0.481 e. The Morgan fingerprint density at radius 1 is 0.833 bits per heavy atom. The van der Waals surface area contributed by atoms with E-state index in [1.807, 2.05) is 13.8 Å². The van der Waals surface area contributed by atoms with E-state index in [1.54, 1.807) is 44.2 Å². The molecule has 0 heterocycles. The second-order valence-corrected chi connectivity index (χ2v) is 9.55. The van der Waals surface area contributed by atoms with Crippen molar-refractivity contribution in [3.8, 4) is 0 Å². The van der Waals surface area contributed by atoms with Crippen LogP contribution in [0.1, 0.15) is 52.5 Å². The second-order valence-electron chi connectivity index (χ2n) is 9.55. The summed E-state index contributed by atoms with van der Waals surface area (Å²) >= 11 is 0. The lowest BCUT2D eigenvalue weighted by Crippen LogP contribution is -2.58. The number of hydrogen-bond acceptors (Lipinski definition) is 6. The standard InChI is InChI=1S/C25H38N4O7/c1-14(2)12-18(24(34)29-21(15(3)4)25(35)36)28-23(33)19(13-16-8-6-5-7-9-16)27-22(32)17(26)10-11-20(30)31/h5-9,14-15,17-19,21H,10-13,26H2,1-4H3,(H,27,32)(H,28,33)(H,29,34)(H,30,31)(H,35,36). The summed E-state index contributed by atoms with van der Waals surface area (Å²) in [6.07, 6.45) is -0.0671. The Labute approximate surface area is 211 Å². The Morgan fingerprint density at radius 2 is 1.39 bits per heavy atom. The van der Waals surface area contributed by atoms with Crippen LogP contribution in [0, 0.1) is 11.8 Å². The number of carbonyl (C=O) groups excluding carboxylic acids is 3. The molecule has 1 rings (SSSR count). The van der Waals surface area contributed by atoms with Crippen LogP contribution in [0.15, 0.2) is 30.3 Å². The molecule has 0 aromatic heterocycles. The van der Waals surface area contributed by atoms with Gasteiger partial charge in [0.1, 0.15) is 18.1 Å². The average molecular weight is 507 g/mol. The summed E-state index contributed by atoms with van der Waals surface area (Å²) in [5, 5.41) is 26.0. The van der Waals surface area contributed by atoms with E-state index in [-0.39, 0.29) is 37.5 Å². The predicted molar refractivity (Wildman–Crippen MR) is 133 cm³/mol. The van der Waals surface area contributed by atoms with E-state index in [0.29, 0.717) is 0 Å². The van der Waals surface area contributed by atoms with Crippen molar-refractivity contribution in [2.45, 2.75) is 77.5 Å². The molecule has 200 valence electrons. The van der Waals surface area contributed by atoms with Gasteiger partial charge in [0.05, 0.1) is 6.04 Å². The highest BCUT2D eigenvalue weighted by molar-refractivity contribution is 5.94. The molecule has 0 fully saturated rings. The fourth-order valence-electron chi connectivity index (χ4n) is 3.49. The van der Waals surface area contributed by atoms with Crippen molar-refractivity contribution >= 4 is 29.7 Å². The fraction of sp³-hybridized carbons (Fsp3) is 0.560. The number of carbonyl (C=O) groups is 5. The summed E-state index contributed by atoms with van der Waals surface area (Å²) < 4.78 is 0.